The predicted octanol–water partition coefficient (Wildman–Crippen LogP) is 0.261. The minimum Gasteiger partial charge on any atom is -0.481 e. The third-order valence-electron chi connectivity index (χ3n) is 2.88. The van der Waals surface area contributed by atoms with Gasteiger partial charge in [0.2, 0.25) is 5.91 Å². The molecule has 1 unspecified atom stereocenters. The van der Waals surface area contributed by atoms with Gasteiger partial charge < -0.3 is 14.9 Å². The van der Waals surface area contributed by atoms with Gasteiger partial charge in [0.1, 0.15) is 0 Å². The molecule has 0 aliphatic carbocycles. The van der Waals surface area contributed by atoms with Crippen LogP contribution in [0.3, 0.4) is 0 Å². The fourth-order valence-electron chi connectivity index (χ4n) is 1.91. The van der Waals surface area contributed by atoms with Crippen LogP contribution < -0.4 is 0 Å². The van der Waals surface area contributed by atoms with Gasteiger partial charge >= 0.3 is 5.97 Å². The summed E-state index contributed by atoms with van der Waals surface area (Å²) in [6.45, 7) is 1.96. The van der Waals surface area contributed by atoms with Crippen LogP contribution in [0.1, 0.15) is 19.3 Å². The minimum absolute atomic E-state index is 0.0938. The third-order valence-corrected chi connectivity index (χ3v) is 2.88. The summed E-state index contributed by atoms with van der Waals surface area (Å²) >= 11 is 0. The molecule has 1 aliphatic heterocycles. The summed E-state index contributed by atoms with van der Waals surface area (Å²) in [6.07, 6.45) is 1.75. The third kappa shape index (κ3) is 3.81. The molecule has 92 valence electrons. The number of carboxylic acid groups (broad SMARTS) is 1. The smallest absolute Gasteiger partial charge is 0.308 e. The zero-order valence-electron chi connectivity index (χ0n) is 9.98. The molecule has 1 fully saturated rings. The Kier molecular flexibility index (Phi) is 4.73. The lowest BCUT2D eigenvalue weighted by atomic mass is 9.97. The first kappa shape index (κ1) is 13.0. The SMILES string of the molecule is CN(C)CCCN1CC(C(=O)O)CCC1=O. The number of hydrogen-bond acceptors (Lipinski definition) is 3. The quantitative estimate of drug-likeness (QED) is 0.733. The number of amides is 1. The average molecular weight is 228 g/mol. The van der Waals surface area contributed by atoms with Crippen LogP contribution in [0.4, 0.5) is 0 Å². The van der Waals surface area contributed by atoms with Gasteiger partial charge in [-0.1, -0.05) is 0 Å². The molecule has 1 heterocycles. The zero-order chi connectivity index (χ0) is 12.1. The van der Waals surface area contributed by atoms with E-state index in [4.69, 9.17) is 5.11 Å². The molecule has 0 aromatic carbocycles. The van der Waals surface area contributed by atoms with Gasteiger partial charge in [0, 0.05) is 19.5 Å². The molecule has 1 amide bonds. The molecule has 16 heavy (non-hydrogen) atoms. The lowest BCUT2D eigenvalue weighted by Crippen LogP contribution is -2.43. The number of nitrogens with zero attached hydrogens (tertiary/aromatic N) is 2. The van der Waals surface area contributed by atoms with E-state index in [0.29, 0.717) is 25.9 Å². The Balaban J connectivity index is 2.38. The highest BCUT2D eigenvalue weighted by atomic mass is 16.4. The molecule has 1 aliphatic rings. The lowest BCUT2D eigenvalue weighted by molar-refractivity contribution is -0.147. The van der Waals surface area contributed by atoms with Crippen molar-refractivity contribution in [3.05, 3.63) is 0 Å². The Labute approximate surface area is 96.0 Å². The Bertz CT molecular complexity index is 266. The van der Waals surface area contributed by atoms with Crippen molar-refractivity contribution in [2.45, 2.75) is 19.3 Å². The molecule has 1 saturated heterocycles. The molecule has 1 atom stereocenters. The van der Waals surface area contributed by atoms with E-state index in [1.54, 1.807) is 4.90 Å². The van der Waals surface area contributed by atoms with Crippen LogP contribution >= 0.6 is 0 Å². The molecule has 0 saturated carbocycles. The maximum Gasteiger partial charge on any atom is 0.308 e. The summed E-state index contributed by atoms with van der Waals surface area (Å²) in [6, 6.07) is 0. The van der Waals surface area contributed by atoms with Crippen LogP contribution in [0, 0.1) is 5.92 Å². The summed E-state index contributed by atoms with van der Waals surface area (Å²) in [5.74, 6) is -1.07. The van der Waals surface area contributed by atoms with E-state index < -0.39 is 5.97 Å². The fourth-order valence-corrected chi connectivity index (χ4v) is 1.91. The summed E-state index contributed by atoms with van der Waals surface area (Å²) in [5, 5.41) is 8.91. The van der Waals surface area contributed by atoms with Gasteiger partial charge in [-0.15, -0.1) is 0 Å². The predicted molar refractivity (Wildman–Crippen MR) is 60.1 cm³/mol. The lowest BCUT2D eigenvalue weighted by Gasteiger charge is -2.30. The van der Waals surface area contributed by atoms with Crippen LogP contribution in [0.5, 0.6) is 0 Å². The highest BCUT2D eigenvalue weighted by molar-refractivity contribution is 5.80. The van der Waals surface area contributed by atoms with Crippen LogP contribution in [0.2, 0.25) is 0 Å². The van der Waals surface area contributed by atoms with E-state index in [1.165, 1.54) is 0 Å². The van der Waals surface area contributed by atoms with Crippen molar-refractivity contribution in [1.29, 1.82) is 0 Å². The fraction of sp³-hybridized carbons (Fsp3) is 0.818. The molecule has 5 nitrogen and oxygen atoms in total. The Hall–Kier alpha value is -1.10. The van der Waals surface area contributed by atoms with Crippen molar-refractivity contribution in [1.82, 2.24) is 9.80 Å². The normalized spacial score (nSPS) is 21.6. The van der Waals surface area contributed by atoms with Gasteiger partial charge in [-0.3, -0.25) is 9.59 Å². The van der Waals surface area contributed by atoms with Crippen molar-refractivity contribution >= 4 is 11.9 Å². The highest BCUT2D eigenvalue weighted by Crippen LogP contribution is 2.17. The Morgan fingerprint density at radius 3 is 2.81 bits per heavy atom. The van der Waals surface area contributed by atoms with E-state index in [-0.39, 0.29) is 11.8 Å². The molecule has 0 aromatic heterocycles. The number of hydrogen-bond donors (Lipinski definition) is 1. The van der Waals surface area contributed by atoms with Crippen molar-refractivity contribution in [2.24, 2.45) is 5.92 Å². The standard InChI is InChI=1S/C11H20N2O3/c1-12(2)6-3-7-13-8-9(11(15)16)4-5-10(13)14/h9H,3-8H2,1-2H3,(H,15,16). The van der Waals surface area contributed by atoms with Crippen LogP contribution in [0.25, 0.3) is 0 Å². The second-order valence-electron chi connectivity index (χ2n) is 4.57. The van der Waals surface area contributed by atoms with E-state index in [0.717, 1.165) is 13.0 Å². The van der Waals surface area contributed by atoms with Gasteiger partial charge in [0.05, 0.1) is 5.92 Å². The topological polar surface area (TPSA) is 60.9 Å². The summed E-state index contributed by atoms with van der Waals surface area (Å²) in [5.41, 5.74) is 0. The molecule has 0 aromatic rings. The van der Waals surface area contributed by atoms with Gasteiger partial charge in [0.25, 0.3) is 0 Å². The first-order valence-electron chi connectivity index (χ1n) is 5.66. The van der Waals surface area contributed by atoms with Crippen LogP contribution in [0.15, 0.2) is 0 Å². The molecule has 1 N–H and O–H groups in total. The highest BCUT2D eigenvalue weighted by Gasteiger charge is 2.29. The Morgan fingerprint density at radius 1 is 1.56 bits per heavy atom. The van der Waals surface area contributed by atoms with Crippen molar-refractivity contribution in [2.75, 3.05) is 33.7 Å². The minimum atomic E-state index is -0.787. The van der Waals surface area contributed by atoms with Crippen LogP contribution in [-0.2, 0) is 9.59 Å². The number of piperidine rings is 1. The molecule has 5 heteroatoms. The van der Waals surface area contributed by atoms with Crippen molar-refractivity contribution in [3.8, 4) is 0 Å². The number of rotatable bonds is 5. The summed E-state index contributed by atoms with van der Waals surface area (Å²) in [4.78, 5) is 26.1. The second-order valence-corrected chi connectivity index (χ2v) is 4.57. The summed E-state index contributed by atoms with van der Waals surface area (Å²) < 4.78 is 0. The van der Waals surface area contributed by atoms with E-state index >= 15 is 0 Å². The van der Waals surface area contributed by atoms with Gasteiger partial charge in [0.15, 0.2) is 0 Å². The van der Waals surface area contributed by atoms with Crippen LogP contribution in [-0.4, -0.2) is 60.5 Å². The molecule has 0 radical (unpaired) electrons. The first-order valence-corrected chi connectivity index (χ1v) is 5.66. The molecule has 0 spiro atoms. The van der Waals surface area contributed by atoms with E-state index in [2.05, 4.69) is 4.90 Å². The zero-order valence-corrected chi connectivity index (χ0v) is 9.98. The maximum atomic E-state index is 11.6. The number of aliphatic carboxylic acids is 1. The van der Waals surface area contributed by atoms with Crippen molar-refractivity contribution < 1.29 is 14.7 Å². The van der Waals surface area contributed by atoms with E-state index in [9.17, 15) is 9.59 Å². The monoisotopic (exact) mass is 228 g/mol. The molecule has 0 bridgehead atoms. The van der Waals surface area contributed by atoms with Gasteiger partial charge in [-0.25, -0.2) is 0 Å². The Morgan fingerprint density at radius 2 is 2.25 bits per heavy atom. The van der Waals surface area contributed by atoms with Gasteiger partial charge in [-0.2, -0.15) is 0 Å². The first-order chi connectivity index (χ1) is 7.50. The molecule has 1 rings (SSSR count). The largest absolute Gasteiger partial charge is 0.481 e. The summed E-state index contributed by atoms with van der Waals surface area (Å²) in [7, 11) is 3.97. The maximum absolute atomic E-state index is 11.6. The molecular formula is C11H20N2O3. The molecular weight excluding hydrogens is 208 g/mol. The number of carbonyl (C=O) groups excluding carboxylic acids is 1. The van der Waals surface area contributed by atoms with E-state index in [1.807, 2.05) is 14.1 Å². The van der Waals surface area contributed by atoms with Crippen molar-refractivity contribution in [3.63, 3.8) is 0 Å². The number of carbonyl (C=O) groups is 2. The average Bonchev–Trinajstić information content (AvgIpc) is 2.20. The number of carboxylic acids is 1. The van der Waals surface area contributed by atoms with Gasteiger partial charge in [-0.05, 0) is 33.5 Å². The second kappa shape index (κ2) is 5.84. The number of likely N-dealkylation sites (tertiary alicyclic amines) is 1.